The van der Waals surface area contributed by atoms with Crippen LogP contribution in [0.15, 0.2) is 32.5 Å². The van der Waals surface area contributed by atoms with Crippen LogP contribution in [0.25, 0.3) is 0 Å². The van der Waals surface area contributed by atoms with Gasteiger partial charge in [0.1, 0.15) is 0 Å². The number of likely N-dealkylation sites (N-methyl/N-ethyl adjacent to an activating group) is 1. The van der Waals surface area contributed by atoms with Crippen molar-refractivity contribution in [3.05, 3.63) is 22.7 Å². The quantitative estimate of drug-likeness (QED) is 0.814. The molecule has 0 spiro atoms. The lowest BCUT2D eigenvalue weighted by molar-refractivity contribution is 0.464. The second-order valence-corrected chi connectivity index (χ2v) is 9.78. The summed E-state index contributed by atoms with van der Waals surface area (Å²) in [6.45, 7) is 0.868. The zero-order chi connectivity index (χ0) is 15.8. The highest BCUT2D eigenvalue weighted by Gasteiger charge is 2.33. The molecular formula is C12H17BrN2O4S2. The fourth-order valence-electron chi connectivity index (χ4n) is 2.24. The molecule has 0 radical (unpaired) electrons. The molecule has 1 heterocycles. The molecule has 1 aliphatic rings. The number of sulfone groups is 1. The van der Waals surface area contributed by atoms with E-state index in [2.05, 4.69) is 21.2 Å². The summed E-state index contributed by atoms with van der Waals surface area (Å²) in [4.78, 5) is 0.175. The number of nitrogens with zero attached hydrogens (tertiary/aromatic N) is 1. The first-order chi connectivity index (χ1) is 9.66. The van der Waals surface area contributed by atoms with Gasteiger partial charge in [0, 0.05) is 29.9 Å². The van der Waals surface area contributed by atoms with Crippen molar-refractivity contribution in [3.63, 3.8) is 0 Å². The summed E-state index contributed by atoms with van der Waals surface area (Å²) in [5, 5.41) is 3.06. The Hall–Kier alpha value is -0.480. The van der Waals surface area contributed by atoms with Crippen molar-refractivity contribution >= 4 is 35.8 Å². The van der Waals surface area contributed by atoms with Gasteiger partial charge in [0.15, 0.2) is 9.84 Å². The van der Waals surface area contributed by atoms with E-state index in [1.54, 1.807) is 7.05 Å². The van der Waals surface area contributed by atoms with Crippen LogP contribution in [0.5, 0.6) is 0 Å². The first-order valence-corrected chi connectivity index (χ1v) is 10.5. The fourth-order valence-corrected chi connectivity index (χ4v) is 5.58. The number of halogens is 1. The lowest BCUT2D eigenvalue weighted by Gasteiger charge is -2.17. The molecule has 0 saturated carbocycles. The molecule has 0 bridgehead atoms. The summed E-state index contributed by atoms with van der Waals surface area (Å²) >= 11 is 3.17. The molecule has 118 valence electrons. The first kappa shape index (κ1) is 16.9. The predicted octanol–water partition coefficient (Wildman–Crippen LogP) is 0.835. The molecule has 9 heteroatoms. The minimum atomic E-state index is -3.62. The molecule has 1 aliphatic heterocycles. The maximum absolute atomic E-state index is 12.6. The van der Waals surface area contributed by atoms with Crippen molar-refractivity contribution in [2.45, 2.75) is 22.3 Å². The number of nitrogens with one attached hydrogen (secondary N) is 1. The molecule has 2 rings (SSSR count). The van der Waals surface area contributed by atoms with Gasteiger partial charge in [-0.1, -0.05) is 0 Å². The highest BCUT2D eigenvalue weighted by molar-refractivity contribution is 9.10. The largest absolute Gasteiger partial charge is 0.316 e. The lowest BCUT2D eigenvalue weighted by atomic mass is 10.3. The molecule has 6 nitrogen and oxygen atoms in total. The zero-order valence-corrected chi connectivity index (χ0v) is 14.9. The van der Waals surface area contributed by atoms with Crippen LogP contribution in [-0.2, 0) is 19.9 Å². The first-order valence-electron chi connectivity index (χ1n) is 6.33. The van der Waals surface area contributed by atoms with E-state index in [1.807, 2.05) is 0 Å². The van der Waals surface area contributed by atoms with E-state index in [0.29, 0.717) is 13.1 Å². The molecule has 1 N–H and O–H groups in total. The third kappa shape index (κ3) is 3.48. The predicted molar refractivity (Wildman–Crippen MR) is 83.5 cm³/mol. The van der Waals surface area contributed by atoms with Gasteiger partial charge in [0.05, 0.1) is 9.79 Å². The summed E-state index contributed by atoms with van der Waals surface area (Å²) in [7, 11) is -5.19. The van der Waals surface area contributed by atoms with Gasteiger partial charge in [0.2, 0.25) is 10.0 Å². The molecule has 1 aromatic carbocycles. The van der Waals surface area contributed by atoms with Crippen LogP contribution < -0.4 is 5.32 Å². The summed E-state index contributed by atoms with van der Waals surface area (Å²) < 4.78 is 49.9. The number of sulfonamides is 1. The van der Waals surface area contributed by atoms with E-state index in [-0.39, 0.29) is 20.3 Å². The molecule has 21 heavy (non-hydrogen) atoms. The van der Waals surface area contributed by atoms with Gasteiger partial charge >= 0.3 is 0 Å². The Morgan fingerprint density at radius 1 is 1.29 bits per heavy atom. The van der Waals surface area contributed by atoms with Crippen molar-refractivity contribution in [2.24, 2.45) is 0 Å². The third-order valence-corrected chi connectivity index (χ3v) is 7.46. The summed E-state index contributed by atoms with van der Waals surface area (Å²) in [5.41, 5.74) is 0. The van der Waals surface area contributed by atoms with E-state index in [1.165, 1.54) is 22.5 Å². The normalized spacial score (nSPS) is 20.8. The topological polar surface area (TPSA) is 83.6 Å². The third-order valence-electron chi connectivity index (χ3n) is 3.51. The van der Waals surface area contributed by atoms with Crippen LogP contribution >= 0.6 is 15.9 Å². The van der Waals surface area contributed by atoms with Crippen LogP contribution in [0, 0.1) is 0 Å². The van der Waals surface area contributed by atoms with Gasteiger partial charge in [-0.2, -0.15) is 4.31 Å². The SMILES string of the molecule is CNC1CCN(S(=O)(=O)c2ccc(S(C)(=O)=O)cc2Br)C1. The molecule has 1 fully saturated rings. The fraction of sp³-hybridized carbons (Fsp3) is 0.500. The second kappa shape index (κ2) is 5.96. The monoisotopic (exact) mass is 396 g/mol. The Kier molecular flexibility index (Phi) is 4.79. The Morgan fingerprint density at radius 3 is 2.43 bits per heavy atom. The highest BCUT2D eigenvalue weighted by Crippen LogP contribution is 2.29. The second-order valence-electron chi connectivity index (χ2n) is 5.00. The molecule has 1 aromatic rings. The van der Waals surface area contributed by atoms with Crippen LogP contribution in [0.4, 0.5) is 0 Å². The maximum Gasteiger partial charge on any atom is 0.244 e. The van der Waals surface area contributed by atoms with Crippen LogP contribution in [0.2, 0.25) is 0 Å². The summed E-state index contributed by atoms with van der Waals surface area (Å²) in [6.07, 6.45) is 1.84. The summed E-state index contributed by atoms with van der Waals surface area (Å²) in [6, 6.07) is 4.13. The summed E-state index contributed by atoms with van der Waals surface area (Å²) in [5.74, 6) is 0. The maximum atomic E-state index is 12.6. The molecule has 0 aliphatic carbocycles. The van der Waals surface area contributed by atoms with Gasteiger partial charge < -0.3 is 5.32 Å². The van der Waals surface area contributed by atoms with Gasteiger partial charge in [-0.15, -0.1) is 0 Å². The van der Waals surface area contributed by atoms with Gasteiger partial charge in [0.25, 0.3) is 0 Å². The van der Waals surface area contributed by atoms with Crippen molar-refractivity contribution in [2.75, 3.05) is 26.4 Å². The van der Waals surface area contributed by atoms with Crippen molar-refractivity contribution < 1.29 is 16.8 Å². The highest BCUT2D eigenvalue weighted by atomic mass is 79.9. The molecule has 0 amide bonds. The van der Waals surface area contributed by atoms with Crippen LogP contribution in [0.1, 0.15) is 6.42 Å². The Morgan fingerprint density at radius 2 is 1.95 bits per heavy atom. The number of hydrogen-bond acceptors (Lipinski definition) is 5. The van der Waals surface area contributed by atoms with E-state index in [0.717, 1.165) is 12.7 Å². The molecule has 1 saturated heterocycles. The van der Waals surface area contributed by atoms with Gasteiger partial charge in [-0.05, 0) is 47.6 Å². The minimum Gasteiger partial charge on any atom is -0.316 e. The number of hydrogen-bond donors (Lipinski definition) is 1. The Balaban J connectivity index is 2.38. The molecule has 0 aromatic heterocycles. The van der Waals surface area contributed by atoms with Crippen molar-refractivity contribution in [1.29, 1.82) is 0 Å². The van der Waals surface area contributed by atoms with Crippen molar-refractivity contribution in [1.82, 2.24) is 9.62 Å². The standard InChI is InChI=1S/C12H17BrN2O4S2/c1-14-9-5-6-15(8-9)21(18,19)12-4-3-10(7-11(12)13)20(2,16)17/h3-4,7,9,14H,5-6,8H2,1-2H3. The average Bonchev–Trinajstić information content (AvgIpc) is 2.86. The molecular weight excluding hydrogens is 380 g/mol. The van der Waals surface area contributed by atoms with Crippen LogP contribution in [0.3, 0.4) is 0 Å². The number of rotatable bonds is 4. The Bertz CT molecular complexity index is 747. The van der Waals surface area contributed by atoms with Crippen molar-refractivity contribution in [3.8, 4) is 0 Å². The molecule has 1 atom stereocenters. The smallest absolute Gasteiger partial charge is 0.244 e. The van der Waals surface area contributed by atoms with Gasteiger partial charge in [-0.25, -0.2) is 16.8 Å². The lowest BCUT2D eigenvalue weighted by Crippen LogP contribution is -2.33. The average molecular weight is 397 g/mol. The zero-order valence-electron chi connectivity index (χ0n) is 11.7. The minimum absolute atomic E-state index is 0.0860. The van der Waals surface area contributed by atoms with E-state index in [9.17, 15) is 16.8 Å². The van der Waals surface area contributed by atoms with Crippen LogP contribution in [-0.4, -0.2) is 53.6 Å². The van der Waals surface area contributed by atoms with Gasteiger partial charge in [-0.3, -0.25) is 0 Å². The Labute approximate surface area is 133 Å². The van der Waals surface area contributed by atoms with E-state index < -0.39 is 19.9 Å². The molecule has 1 unspecified atom stereocenters. The van der Waals surface area contributed by atoms with E-state index in [4.69, 9.17) is 0 Å². The van der Waals surface area contributed by atoms with E-state index >= 15 is 0 Å². The number of benzene rings is 1.